The highest BCUT2D eigenvalue weighted by Gasteiger charge is 2.20. The van der Waals surface area contributed by atoms with Crippen molar-refractivity contribution in [1.82, 2.24) is 15.3 Å². The summed E-state index contributed by atoms with van der Waals surface area (Å²) in [6.07, 6.45) is 1.48. The maximum atomic E-state index is 12.6. The number of carbonyl (C=O) groups excluding carboxylic acids is 1. The molecule has 2 heterocycles. The maximum Gasteiger partial charge on any atom is 0.258 e. The van der Waals surface area contributed by atoms with Crippen molar-refractivity contribution < 1.29 is 19.0 Å². The molecule has 0 spiro atoms. The van der Waals surface area contributed by atoms with E-state index in [9.17, 15) is 4.79 Å². The zero-order valence-electron chi connectivity index (χ0n) is 15.5. The molecule has 1 aromatic heterocycles. The first-order valence-corrected chi connectivity index (χ1v) is 8.91. The molecule has 4 rings (SSSR count). The number of benzene rings is 2. The minimum Gasteiger partial charge on any atom is -0.454 e. The van der Waals surface area contributed by atoms with E-state index in [4.69, 9.17) is 14.2 Å². The van der Waals surface area contributed by atoms with Gasteiger partial charge in [-0.3, -0.25) is 4.79 Å². The fourth-order valence-electron chi connectivity index (χ4n) is 2.72. The molecule has 0 aliphatic carbocycles. The van der Waals surface area contributed by atoms with Crippen molar-refractivity contribution in [3.05, 3.63) is 60.3 Å². The second-order valence-electron chi connectivity index (χ2n) is 6.52. The number of nitrogens with zero attached hydrogens (tertiary/aromatic N) is 2. The van der Waals surface area contributed by atoms with E-state index in [2.05, 4.69) is 15.3 Å². The van der Waals surface area contributed by atoms with Crippen molar-refractivity contribution in [1.29, 1.82) is 0 Å². The van der Waals surface area contributed by atoms with Gasteiger partial charge in [0.05, 0.1) is 0 Å². The van der Waals surface area contributed by atoms with Crippen molar-refractivity contribution in [3.63, 3.8) is 0 Å². The average molecular weight is 377 g/mol. The lowest BCUT2D eigenvalue weighted by molar-refractivity contribution is 0.0939. The van der Waals surface area contributed by atoms with Crippen molar-refractivity contribution in [3.8, 4) is 34.5 Å². The summed E-state index contributed by atoms with van der Waals surface area (Å²) in [5.41, 5.74) is 1.08. The lowest BCUT2D eigenvalue weighted by Gasteiger charge is -2.13. The molecule has 0 saturated heterocycles. The number of hydrogen-bond donors (Lipinski definition) is 1. The third-order valence-electron chi connectivity index (χ3n) is 4.01. The number of fused-ring (bicyclic) bond motifs is 1. The molecule has 0 saturated carbocycles. The minimum atomic E-state index is -0.301. The van der Waals surface area contributed by atoms with Crippen LogP contribution in [0, 0.1) is 0 Å². The highest BCUT2D eigenvalue weighted by Crippen LogP contribution is 2.37. The molecule has 2 aromatic carbocycles. The van der Waals surface area contributed by atoms with Gasteiger partial charge in [0.1, 0.15) is 11.3 Å². The Morgan fingerprint density at radius 1 is 1.11 bits per heavy atom. The molecule has 3 aromatic rings. The van der Waals surface area contributed by atoms with Gasteiger partial charge in [-0.05, 0) is 26.0 Å². The van der Waals surface area contributed by atoms with E-state index in [-0.39, 0.29) is 30.2 Å². The van der Waals surface area contributed by atoms with Gasteiger partial charge < -0.3 is 19.5 Å². The highest BCUT2D eigenvalue weighted by atomic mass is 16.7. The molecule has 1 aliphatic rings. The molecule has 142 valence electrons. The van der Waals surface area contributed by atoms with Crippen LogP contribution in [0.4, 0.5) is 0 Å². The molecule has 1 amide bonds. The first-order chi connectivity index (χ1) is 13.6. The second-order valence-corrected chi connectivity index (χ2v) is 6.52. The Hall–Kier alpha value is -3.61. The third-order valence-corrected chi connectivity index (χ3v) is 4.01. The standard InChI is InChI=1S/C21H19N3O4/c1-13(2)23-20(25)16-11-22-19(14-6-4-3-5-7-14)24-21(16)28-15-8-9-17-18(10-15)27-12-26-17/h3-11,13H,12H2,1-2H3,(H,23,25). The molecule has 0 unspecified atom stereocenters. The molecule has 1 N–H and O–H groups in total. The summed E-state index contributed by atoms with van der Waals surface area (Å²) >= 11 is 0. The van der Waals surface area contributed by atoms with Crippen LogP contribution < -0.4 is 19.5 Å². The SMILES string of the molecule is CC(C)NC(=O)c1cnc(-c2ccccc2)nc1Oc1ccc2c(c1)OCO2. The Balaban J connectivity index is 1.72. The molecule has 28 heavy (non-hydrogen) atoms. The van der Waals surface area contributed by atoms with Gasteiger partial charge in [0.25, 0.3) is 5.91 Å². The number of carbonyl (C=O) groups is 1. The Bertz CT molecular complexity index is 1010. The summed E-state index contributed by atoms with van der Waals surface area (Å²) in [6.45, 7) is 3.94. The van der Waals surface area contributed by atoms with E-state index in [1.54, 1.807) is 18.2 Å². The van der Waals surface area contributed by atoms with Gasteiger partial charge in [0.15, 0.2) is 17.3 Å². The summed E-state index contributed by atoms with van der Waals surface area (Å²) in [5.74, 6) is 2.06. The maximum absolute atomic E-state index is 12.6. The molecular formula is C21H19N3O4. The summed E-state index contributed by atoms with van der Waals surface area (Å²) in [7, 11) is 0. The van der Waals surface area contributed by atoms with Gasteiger partial charge in [-0.2, -0.15) is 4.98 Å². The topological polar surface area (TPSA) is 82.6 Å². The summed E-state index contributed by atoms with van der Waals surface area (Å²) in [5, 5.41) is 2.84. The van der Waals surface area contributed by atoms with E-state index in [1.165, 1.54) is 6.20 Å². The first kappa shape index (κ1) is 17.8. The normalized spacial score (nSPS) is 12.1. The lowest BCUT2D eigenvalue weighted by atomic mass is 10.2. The first-order valence-electron chi connectivity index (χ1n) is 8.91. The summed E-state index contributed by atoms with van der Waals surface area (Å²) < 4.78 is 16.7. The smallest absolute Gasteiger partial charge is 0.258 e. The molecular weight excluding hydrogens is 358 g/mol. The van der Waals surface area contributed by atoms with Gasteiger partial charge >= 0.3 is 0 Å². The largest absolute Gasteiger partial charge is 0.454 e. The average Bonchev–Trinajstić information content (AvgIpc) is 3.16. The number of hydrogen-bond acceptors (Lipinski definition) is 6. The van der Waals surface area contributed by atoms with Crippen molar-refractivity contribution in [2.45, 2.75) is 19.9 Å². The molecule has 1 aliphatic heterocycles. The molecule has 7 heteroatoms. The van der Waals surface area contributed by atoms with E-state index in [0.717, 1.165) is 5.56 Å². The van der Waals surface area contributed by atoms with Crippen LogP contribution in [0.2, 0.25) is 0 Å². The Kier molecular flexibility index (Phi) is 4.80. The zero-order chi connectivity index (χ0) is 19.5. The van der Waals surface area contributed by atoms with Crippen LogP contribution >= 0.6 is 0 Å². The number of rotatable bonds is 5. The predicted octanol–water partition coefficient (Wildman–Crippen LogP) is 3.80. The number of amides is 1. The molecule has 0 radical (unpaired) electrons. The minimum absolute atomic E-state index is 0.0281. The van der Waals surface area contributed by atoms with E-state index >= 15 is 0 Å². The van der Waals surface area contributed by atoms with E-state index in [1.807, 2.05) is 44.2 Å². The predicted molar refractivity (Wildman–Crippen MR) is 103 cm³/mol. The van der Waals surface area contributed by atoms with Gasteiger partial charge in [0.2, 0.25) is 12.7 Å². The van der Waals surface area contributed by atoms with E-state index < -0.39 is 0 Å². The van der Waals surface area contributed by atoms with Crippen LogP contribution in [0.25, 0.3) is 11.4 Å². The van der Waals surface area contributed by atoms with Gasteiger partial charge in [-0.15, -0.1) is 0 Å². The zero-order valence-corrected chi connectivity index (χ0v) is 15.5. The van der Waals surface area contributed by atoms with Crippen LogP contribution in [-0.2, 0) is 0 Å². The molecule has 0 fully saturated rings. The van der Waals surface area contributed by atoms with Crippen LogP contribution in [0.3, 0.4) is 0 Å². The Labute approximate surface area is 162 Å². The van der Waals surface area contributed by atoms with Crippen LogP contribution in [0.1, 0.15) is 24.2 Å². The fraction of sp³-hybridized carbons (Fsp3) is 0.190. The molecule has 0 bridgehead atoms. The number of nitrogens with one attached hydrogen (secondary N) is 1. The highest BCUT2D eigenvalue weighted by molar-refractivity contribution is 5.96. The van der Waals surface area contributed by atoms with Crippen molar-refractivity contribution in [2.75, 3.05) is 6.79 Å². The Morgan fingerprint density at radius 2 is 1.89 bits per heavy atom. The lowest BCUT2D eigenvalue weighted by Crippen LogP contribution is -2.30. The quantitative estimate of drug-likeness (QED) is 0.728. The van der Waals surface area contributed by atoms with Crippen molar-refractivity contribution >= 4 is 5.91 Å². The summed E-state index contributed by atoms with van der Waals surface area (Å²) in [6, 6.07) is 14.7. The summed E-state index contributed by atoms with van der Waals surface area (Å²) in [4.78, 5) is 21.4. The number of aromatic nitrogens is 2. The van der Waals surface area contributed by atoms with Gasteiger partial charge in [0, 0.05) is 23.9 Å². The van der Waals surface area contributed by atoms with Gasteiger partial charge in [-0.25, -0.2) is 4.98 Å². The molecule has 7 nitrogen and oxygen atoms in total. The van der Waals surface area contributed by atoms with Crippen LogP contribution in [0.5, 0.6) is 23.1 Å². The fourth-order valence-corrected chi connectivity index (χ4v) is 2.72. The molecule has 0 atom stereocenters. The number of ether oxygens (including phenoxy) is 3. The van der Waals surface area contributed by atoms with Gasteiger partial charge in [-0.1, -0.05) is 30.3 Å². The monoisotopic (exact) mass is 377 g/mol. The van der Waals surface area contributed by atoms with Crippen LogP contribution in [0.15, 0.2) is 54.7 Å². The van der Waals surface area contributed by atoms with Crippen molar-refractivity contribution in [2.24, 2.45) is 0 Å². The third kappa shape index (κ3) is 3.73. The second kappa shape index (κ2) is 7.56. The van der Waals surface area contributed by atoms with E-state index in [0.29, 0.717) is 23.1 Å². The Morgan fingerprint density at radius 3 is 2.68 bits per heavy atom. The van der Waals surface area contributed by atoms with Crippen LogP contribution in [-0.4, -0.2) is 28.7 Å².